The fourth-order valence-corrected chi connectivity index (χ4v) is 3.09. The molecular formula is C18H18FN5O. The molecule has 3 aromatic rings. The van der Waals surface area contributed by atoms with Crippen LogP contribution in [-0.4, -0.2) is 51.6 Å². The van der Waals surface area contributed by atoms with Gasteiger partial charge in [-0.25, -0.2) is 4.39 Å². The molecule has 25 heavy (non-hydrogen) atoms. The molecule has 4 rings (SSSR count). The number of fused-ring (bicyclic) bond motifs is 1. The fourth-order valence-electron chi connectivity index (χ4n) is 3.09. The molecule has 7 heteroatoms. The lowest BCUT2D eigenvalue weighted by Crippen LogP contribution is -2.49. The molecule has 128 valence electrons. The van der Waals surface area contributed by atoms with E-state index in [-0.39, 0.29) is 11.7 Å². The van der Waals surface area contributed by atoms with Crippen LogP contribution in [-0.2, 0) is 11.2 Å². The molecule has 1 amide bonds. The molecule has 0 saturated carbocycles. The molecule has 0 spiro atoms. The number of carbonyl (C=O) groups excluding carboxylic acids is 1. The molecule has 2 aromatic heterocycles. The zero-order valence-electron chi connectivity index (χ0n) is 13.7. The van der Waals surface area contributed by atoms with E-state index in [1.54, 1.807) is 12.1 Å². The van der Waals surface area contributed by atoms with Crippen LogP contribution in [0.5, 0.6) is 0 Å². The Kier molecular flexibility index (Phi) is 4.05. The van der Waals surface area contributed by atoms with Gasteiger partial charge in [0.2, 0.25) is 11.9 Å². The van der Waals surface area contributed by atoms with Crippen molar-refractivity contribution in [2.24, 2.45) is 0 Å². The normalized spacial score (nSPS) is 14.9. The first-order chi connectivity index (χ1) is 12.2. The Morgan fingerprint density at radius 1 is 1.00 bits per heavy atom. The van der Waals surface area contributed by atoms with E-state index in [1.165, 1.54) is 12.1 Å². The molecule has 0 aliphatic carbocycles. The number of nitrogens with zero attached hydrogens (tertiary/aromatic N) is 5. The highest BCUT2D eigenvalue weighted by atomic mass is 19.1. The molecule has 0 atom stereocenters. The molecule has 1 aromatic carbocycles. The molecule has 0 N–H and O–H groups in total. The summed E-state index contributed by atoms with van der Waals surface area (Å²) in [5, 5.41) is 8.44. The third-order valence-corrected chi connectivity index (χ3v) is 4.48. The molecule has 1 saturated heterocycles. The molecule has 1 aliphatic rings. The molecule has 1 fully saturated rings. The molecule has 0 radical (unpaired) electrons. The van der Waals surface area contributed by atoms with E-state index in [4.69, 9.17) is 0 Å². The Morgan fingerprint density at radius 3 is 2.52 bits per heavy atom. The minimum Gasteiger partial charge on any atom is -0.339 e. The predicted molar refractivity (Wildman–Crippen MR) is 91.9 cm³/mol. The Balaban J connectivity index is 1.39. The van der Waals surface area contributed by atoms with E-state index in [2.05, 4.69) is 15.1 Å². The van der Waals surface area contributed by atoms with Crippen LogP contribution in [0.3, 0.4) is 0 Å². The number of pyridine rings is 1. The second-order valence-electron chi connectivity index (χ2n) is 6.10. The Labute approximate surface area is 144 Å². The van der Waals surface area contributed by atoms with Crippen LogP contribution >= 0.6 is 0 Å². The second-order valence-corrected chi connectivity index (χ2v) is 6.10. The summed E-state index contributed by atoms with van der Waals surface area (Å²) in [6.45, 7) is 2.71. The topological polar surface area (TPSA) is 53.7 Å². The highest BCUT2D eigenvalue weighted by Crippen LogP contribution is 2.16. The van der Waals surface area contributed by atoms with Gasteiger partial charge in [-0.15, -0.1) is 10.2 Å². The van der Waals surface area contributed by atoms with Crippen molar-refractivity contribution in [1.29, 1.82) is 0 Å². The summed E-state index contributed by atoms with van der Waals surface area (Å²) in [7, 11) is 0. The summed E-state index contributed by atoms with van der Waals surface area (Å²) in [4.78, 5) is 16.4. The van der Waals surface area contributed by atoms with Crippen molar-refractivity contribution in [2.75, 3.05) is 31.1 Å². The van der Waals surface area contributed by atoms with Crippen molar-refractivity contribution in [3.8, 4) is 0 Å². The van der Waals surface area contributed by atoms with Crippen molar-refractivity contribution >= 4 is 17.5 Å². The summed E-state index contributed by atoms with van der Waals surface area (Å²) in [6, 6.07) is 11.9. The van der Waals surface area contributed by atoms with E-state index in [1.807, 2.05) is 33.7 Å². The van der Waals surface area contributed by atoms with Crippen molar-refractivity contribution in [2.45, 2.75) is 6.42 Å². The van der Waals surface area contributed by atoms with Crippen LogP contribution in [0.4, 0.5) is 10.3 Å². The van der Waals surface area contributed by atoms with E-state index < -0.39 is 0 Å². The van der Waals surface area contributed by atoms with Gasteiger partial charge in [0.15, 0.2) is 5.65 Å². The summed E-state index contributed by atoms with van der Waals surface area (Å²) in [6.07, 6.45) is 2.24. The fraction of sp³-hybridized carbons (Fsp3) is 0.278. The largest absolute Gasteiger partial charge is 0.339 e. The maximum atomic E-state index is 13.0. The molecule has 0 unspecified atom stereocenters. The van der Waals surface area contributed by atoms with Crippen molar-refractivity contribution in [1.82, 2.24) is 19.5 Å². The van der Waals surface area contributed by atoms with Crippen molar-refractivity contribution < 1.29 is 9.18 Å². The number of benzene rings is 1. The standard InChI is InChI=1S/C18H18FN5O/c19-15-6-4-14(5-7-15)13-17(25)22-9-11-23(12-10-22)18-21-20-16-3-1-2-8-24(16)18/h1-8H,9-13H2. The van der Waals surface area contributed by atoms with Gasteiger partial charge in [0.1, 0.15) is 5.82 Å². The number of halogens is 1. The predicted octanol–water partition coefficient (Wildman–Crippen LogP) is 1.76. The van der Waals surface area contributed by atoms with Gasteiger partial charge in [0.05, 0.1) is 6.42 Å². The maximum Gasteiger partial charge on any atom is 0.231 e. The van der Waals surface area contributed by atoms with Crippen LogP contribution in [0.1, 0.15) is 5.56 Å². The number of anilines is 1. The van der Waals surface area contributed by atoms with E-state index in [9.17, 15) is 9.18 Å². The highest BCUT2D eigenvalue weighted by Gasteiger charge is 2.23. The van der Waals surface area contributed by atoms with E-state index in [0.29, 0.717) is 32.6 Å². The Bertz CT molecular complexity index is 884. The number of piperazine rings is 1. The Morgan fingerprint density at radius 2 is 1.76 bits per heavy atom. The zero-order valence-corrected chi connectivity index (χ0v) is 13.7. The quantitative estimate of drug-likeness (QED) is 0.730. The number of rotatable bonds is 3. The molecule has 0 bridgehead atoms. The zero-order chi connectivity index (χ0) is 17.2. The first kappa shape index (κ1) is 15.6. The monoisotopic (exact) mass is 339 g/mol. The molecule has 1 aliphatic heterocycles. The van der Waals surface area contributed by atoms with Crippen molar-refractivity contribution in [3.05, 3.63) is 60.0 Å². The summed E-state index contributed by atoms with van der Waals surface area (Å²) >= 11 is 0. The van der Waals surface area contributed by atoms with Gasteiger partial charge < -0.3 is 9.80 Å². The van der Waals surface area contributed by atoms with E-state index in [0.717, 1.165) is 17.2 Å². The molecular weight excluding hydrogens is 321 g/mol. The summed E-state index contributed by atoms with van der Waals surface area (Å²) < 4.78 is 14.9. The first-order valence-corrected chi connectivity index (χ1v) is 8.28. The van der Waals surface area contributed by atoms with Crippen molar-refractivity contribution in [3.63, 3.8) is 0 Å². The lowest BCUT2D eigenvalue weighted by Gasteiger charge is -2.34. The summed E-state index contributed by atoms with van der Waals surface area (Å²) in [5.41, 5.74) is 1.64. The van der Waals surface area contributed by atoms with Crippen LogP contribution in [0.2, 0.25) is 0 Å². The van der Waals surface area contributed by atoms with Gasteiger partial charge in [-0.1, -0.05) is 18.2 Å². The third-order valence-electron chi connectivity index (χ3n) is 4.48. The van der Waals surface area contributed by atoms with Crippen LogP contribution in [0, 0.1) is 5.82 Å². The molecule has 3 heterocycles. The van der Waals surface area contributed by atoms with Crippen LogP contribution < -0.4 is 4.90 Å². The van der Waals surface area contributed by atoms with Crippen LogP contribution in [0.25, 0.3) is 5.65 Å². The Hall–Kier alpha value is -2.96. The minimum absolute atomic E-state index is 0.0670. The number of amides is 1. The van der Waals surface area contributed by atoms with Gasteiger partial charge in [-0.2, -0.15) is 0 Å². The van der Waals surface area contributed by atoms with Crippen LogP contribution in [0.15, 0.2) is 48.7 Å². The van der Waals surface area contributed by atoms with Gasteiger partial charge in [0.25, 0.3) is 0 Å². The van der Waals surface area contributed by atoms with Gasteiger partial charge in [-0.3, -0.25) is 9.20 Å². The van der Waals surface area contributed by atoms with Gasteiger partial charge in [0, 0.05) is 32.4 Å². The number of hydrogen-bond donors (Lipinski definition) is 0. The van der Waals surface area contributed by atoms with Gasteiger partial charge in [-0.05, 0) is 29.8 Å². The highest BCUT2D eigenvalue weighted by molar-refractivity contribution is 5.79. The SMILES string of the molecule is O=C(Cc1ccc(F)cc1)N1CCN(c2nnc3ccccn23)CC1. The average Bonchev–Trinajstić information content (AvgIpc) is 3.08. The average molecular weight is 339 g/mol. The lowest BCUT2D eigenvalue weighted by atomic mass is 10.1. The number of aromatic nitrogens is 3. The third kappa shape index (κ3) is 3.17. The van der Waals surface area contributed by atoms with E-state index >= 15 is 0 Å². The smallest absolute Gasteiger partial charge is 0.231 e. The summed E-state index contributed by atoms with van der Waals surface area (Å²) in [5.74, 6) is 0.587. The van der Waals surface area contributed by atoms with Gasteiger partial charge >= 0.3 is 0 Å². The molecule has 6 nitrogen and oxygen atoms in total. The second kappa shape index (κ2) is 6.51. The number of hydrogen-bond acceptors (Lipinski definition) is 4. The first-order valence-electron chi connectivity index (χ1n) is 8.28. The minimum atomic E-state index is -0.287. The number of carbonyl (C=O) groups is 1. The maximum absolute atomic E-state index is 13.0. The lowest BCUT2D eigenvalue weighted by molar-refractivity contribution is -0.130.